The Bertz CT molecular complexity index is 432. The van der Waals surface area contributed by atoms with E-state index in [1.807, 2.05) is 4.90 Å². The number of hydrogen-bond acceptors (Lipinski definition) is 4. The Morgan fingerprint density at radius 1 is 1.18 bits per heavy atom. The second-order valence-electron chi connectivity index (χ2n) is 6.42. The Hall–Kier alpha value is -1.63. The first-order valence-electron chi connectivity index (χ1n) is 8.12. The molecule has 0 aromatic rings. The van der Waals surface area contributed by atoms with Crippen molar-refractivity contribution in [3.05, 3.63) is 0 Å². The fraction of sp³-hybridized carbons (Fsp3) is 0.800. The third-order valence-electron chi connectivity index (χ3n) is 4.66. The summed E-state index contributed by atoms with van der Waals surface area (Å²) < 4.78 is 0. The Morgan fingerprint density at radius 2 is 1.86 bits per heavy atom. The molecule has 0 aliphatic carbocycles. The third kappa shape index (κ3) is 4.43. The van der Waals surface area contributed by atoms with Crippen molar-refractivity contribution in [1.82, 2.24) is 9.80 Å². The number of amides is 1. The second-order valence-corrected chi connectivity index (χ2v) is 6.42. The molecular weight excluding hydrogens is 282 g/mol. The van der Waals surface area contributed by atoms with Gasteiger partial charge in [0.25, 0.3) is 0 Å². The van der Waals surface area contributed by atoms with Gasteiger partial charge < -0.3 is 21.3 Å². The van der Waals surface area contributed by atoms with Gasteiger partial charge >= 0.3 is 0 Å². The highest BCUT2D eigenvalue weighted by Crippen LogP contribution is 2.21. The lowest BCUT2D eigenvalue weighted by molar-refractivity contribution is -0.136. The maximum Gasteiger partial charge on any atom is 0.239 e. The van der Waals surface area contributed by atoms with Crippen LogP contribution in [0.15, 0.2) is 0 Å². The number of Topliss-reactive ketones (excluding diaryl/α,β-unsaturated/α-hetero) is 1. The van der Waals surface area contributed by atoms with E-state index in [0.717, 1.165) is 38.8 Å². The second kappa shape index (κ2) is 7.58. The van der Waals surface area contributed by atoms with Crippen LogP contribution in [0.1, 0.15) is 38.5 Å². The summed E-state index contributed by atoms with van der Waals surface area (Å²) in [6.45, 7) is 2.31. The Morgan fingerprint density at radius 3 is 2.50 bits per heavy atom. The average molecular weight is 309 g/mol. The number of likely N-dealkylation sites (tertiary alicyclic amines) is 2. The number of nitrogens with two attached hydrogens (primary N) is 2. The number of ketones is 1. The molecule has 7 heteroatoms. The number of carbonyl (C=O) groups excluding carboxylic acids is 2. The van der Waals surface area contributed by atoms with Crippen LogP contribution in [0.2, 0.25) is 0 Å². The first kappa shape index (κ1) is 16.7. The van der Waals surface area contributed by atoms with E-state index in [4.69, 9.17) is 16.9 Å². The van der Waals surface area contributed by atoms with Crippen LogP contribution in [0.5, 0.6) is 0 Å². The Kier molecular flexibility index (Phi) is 5.76. The van der Waals surface area contributed by atoms with Crippen LogP contribution in [0, 0.1) is 11.3 Å². The molecule has 0 spiro atoms. The number of nitrogens with zero attached hydrogens (tertiary/aromatic N) is 2. The van der Waals surface area contributed by atoms with Crippen molar-refractivity contribution < 1.29 is 9.59 Å². The summed E-state index contributed by atoms with van der Waals surface area (Å²) in [7, 11) is 0. The minimum absolute atomic E-state index is 0.0859. The van der Waals surface area contributed by atoms with Crippen LogP contribution in [0.25, 0.3) is 0 Å². The monoisotopic (exact) mass is 309 g/mol. The van der Waals surface area contributed by atoms with Gasteiger partial charge in [0.2, 0.25) is 5.91 Å². The molecule has 0 aromatic heterocycles. The lowest BCUT2D eigenvalue weighted by atomic mass is 9.91. The summed E-state index contributed by atoms with van der Waals surface area (Å²) in [6, 6.07) is -0.450. The maximum atomic E-state index is 12.2. The number of guanidine groups is 1. The van der Waals surface area contributed by atoms with Gasteiger partial charge in [0.05, 0.1) is 12.6 Å². The smallest absolute Gasteiger partial charge is 0.239 e. The first-order chi connectivity index (χ1) is 10.5. The van der Waals surface area contributed by atoms with E-state index >= 15 is 0 Å². The Labute approximate surface area is 131 Å². The maximum absolute atomic E-state index is 12.2. The summed E-state index contributed by atoms with van der Waals surface area (Å²) in [4.78, 5) is 27.8. The highest BCUT2D eigenvalue weighted by Gasteiger charge is 2.27. The van der Waals surface area contributed by atoms with E-state index in [1.54, 1.807) is 4.90 Å². The van der Waals surface area contributed by atoms with E-state index in [2.05, 4.69) is 0 Å². The number of hydrogen-bond donors (Lipinski definition) is 3. The van der Waals surface area contributed by atoms with Crippen LogP contribution in [0.4, 0.5) is 0 Å². The van der Waals surface area contributed by atoms with Crippen molar-refractivity contribution in [2.75, 3.05) is 26.2 Å². The molecule has 0 unspecified atom stereocenters. The molecule has 2 fully saturated rings. The topological polar surface area (TPSA) is 117 Å². The Balaban J connectivity index is 1.78. The van der Waals surface area contributed by atoms with Crippen molar-refractivity contribution in [3.63, 3.8) is 0 Å². The molecule has 124 valence electrons. The highest BCUT2D eigenvalue weighted by molar-refractivity contribution is 5.88. The molecule has 0 bridgehead atoms. The molecule has 0 radical (unpaired) electrons. The van der Waals surface area contributed by atoms with Gasteiger partial charge in [0.1, 0.15) is 0 Å². The zero-order chi connectivity index (χ0) is 16.1. The van der Waals surface area contributed by atoms with Crippen molar-refractivity contribution in [3.8, 4) is 0 Å². The molecule has 2 aliphatic rings. The van der Waals surface area contributed by atoms with Crippen molar-refractivity contribution in [2.24, 2.45) is 17.4 Å². The minimum atomic E-state index is -0.450. The minimum Gasteiger partial charge on any atom is -0.370 e. The quantitative estimate of drug-likeness (QED) is 0.495. The predicted octanol–water partition coefficient (Wildman–Crippen LogP) is -0.109. The lowest BCUT2D eigenvalue weighted by Crippen LogP contribution is -2.45. The van der Waals surface area contributed by atoms with Gasteiger partial charge in [0, 0.05) is 26.1 Å². The standard InChI is InChI=1S/C15H27N5O2/c16-13-3-1-2-6-20(14(13)22)10-12(21)9-11-4-7-19(8-5-11)15(17)18/h11,13H,1-10,16H2,(H3,17,18)/t13-/m0/s1. The largest absolute Gasteiger partial charge is 0.370 e. The molecule has 0 aromatic carbocycles. The molecular formula is C15H27N5O2. The van der Waals surface area contributed by atoms with Crippen molar-refractivity contribution >= 4 is 17.6 Å². The molecule has 0 saturated carbocycles. The van der Waals surface area contributed by atoms with E-state index in [1.165, 1.54) is 0 Å². The summed E-state index contributed by atoms with van der Waals surface area (Å²) in [5.74, 6) is 0.466. The van der Waals surface area contributed by atoms with Gasteiger partial charge in [-0.3, -0.25) is 15.0 Å². The molecule has 1 atom stereocenters. The number of carbonyl (C=O) groups is 2. The molecule has 2 heterocycles. The molecule has 2 aliphatic heterocycles. The third-order valence-corrected chi connectivity index (χ3v) is 4.66. The van der Waals surface area contributed by atoms with Crippen LogP contribution in [-0.2, 0) is 9.59 Å². The van der Waals surface area contributed by atoms with Gasteiger partial charge in [-0.25, -0.2) is 0 Å². The van der Waals surface area contributed by atoms with Crippen molar-refractivity contribution in [2.45, 2.75) is 44.6 Å². The fourth-order valence-corrected chi connectivity index (χ4v) is 3.27. The highest BCUT2D eigenvalue weighted by atomic mass is 16.2. The van der Waals surface area contributed by atoms with Crippen LogP contribution in [-0.4, -0.2) is 59.7 Å². The van der Waals surface area contributed by atoms with E-state index in [0.29, 0.717) is 25.3 Å². The van der Waals surface area contributed by atoms with Gasteiger partial charge in [0.15, 0.2) is 11.7 Å². The predicted molar refractivity (Wildman–Crippen MR) is 84.2 cm³/mol. The van der Waals surface area contributed by atoms with E-state index < -0.39 is 6.04 Å². The summed E-state index contributed by atoms with van der Waals surface area (Å²) in [6.07, 6.45) is 4.83. The lowest BCUT2D eigenvalue weighted by Gasteiger charge is -2.32. The molecule has 2 saturated heterocycles. The number of nitrogens with one attached hydrogen (secondary N) is 1. The van der Waals surface area contributed by atoms with Gasteiger partial charge in [-0.1, -0.05) is 0 Å². The number of piperidine rings is 1. The van der Waals surface area contributed by atoms with Crippen LogP contribution < -0.4 is 11.5 Å². The van der Waals surface area contributed by atoms with Crippen LogP contribution >= 0.6 is 0 Å². The normalized spacial score (nSPS) is 24.2. The van der Waals surface area contributed by atoms with Gasteiger partial charge in [-0.2, -0.15) is 0 Å². The zero-order valence-electron chi connectivity index (χ0n) is 13.1. The zero-order valence-corrected chi connectivity index (χ0v) is 13.1. The van der Waals surface area contributed by atoms with E-state index in [9.17, 15) is 9.59 Å². The number of rotatable bonds is 4. The first-order valence-corrected chi connectivity index (χ1v) is 8.12. The summed E-state index contributed by atoms with van der Waals surface area (Å²) >= 11 is 0. The van der Waals surface area contributed by atoms with Crippen LogP contribution in [0.3, 0.4) is 0 Å². The molecule has 5 N–H and O–H groups in total. The molecule has 22 heavy (non-hydrogen) atoms. The van der Waals surface area contributed by atoms with Crippen molar-refractivity contribution in [1.29, 1.82) is 5.41 Å². The average Bonchev–Trinajstić information content (AvgIpc) is 2.63. The SMILES string of the molecule is N=C(N)N1CCC(CC(=O)CN2CCCC[C@H](N)C2=O)CC1. The molecule has 2 rings (SSSR count). The van der Waals surface area contributed by atoms with Gasteiger partial charge in [-0.15, -0.1) is 0 Å². The van der Waals surface area contributed by atoms with Gasteiger partial charge in [-0.05, 0) is 38.0 Å². The summed E-state index contributed by atoms with van der Waals surface area (Å²) in [5.41, 5.74) is 11.3. The molecule has 7 nitrogen and oxygen atoms in total. The van der Waals surface area contributed by atoms with E-state index in [-0.39, 0.29) is 24.2 Å². The molecule has 1 amide bonds. The fourth-order valence-electron chi connectivity index (χ4n) is 3.27. The summed E-state index contributed by atoms with van der Waals surface area (Å²) in [5, 5.41) is 7.41.